The maximum Gasteiger partial charge on any atom is 0.573 e. The Morgan fingerprint density at radius 1 is 1.21 bits per heavy atom. The SMILES string of the molecule is O=C(NCc1ccc(OC(F)(F)F)cc1)[C@@H]1CCCN(C(=O)c2ccco2)C1. The predicted octanol–water partition coefficient (Wildman–Crippen LogP) is 3.35. The summed E-state index contributed by atoms with van der Waals surface area (Å²) in [7, 11) is 0. The minimum atomic E-state index is -4.74. The highest BCUT2D eigenvalue weighted by atomic mass is 19.4. The van der Waals surface area contributed by atoms with E-state index in [0.29, 0.717) is 31.5 Å². The van der Waals surface area contributed by atoms with E-state index < -0.39 is 6.36 Å². The molecule has 28 heavy (non-hydrogen) atoms. The highest BCUT2D eigenvalue weighted by Gasteiger charge is 2.31. The number of hydrogen-bond acceptors (Lipinski definition) is 4. The summed E-state index contributed by atoms with van der Waals surface area (Å²) in [6, 6.07) is 8.51. The number of benzene rings is 1. The van der Waals surface area contributed by atoms with E-state index in [4.69, 9.17) is 4.42 Å². The highest BCUT2D eigenvalue weighted by molar-refractivity contribution is 5.92. The molecule has 2 heterocycles. The Morgan fingerprint density at radius 3 is 2.61 bits per heavy atom. The molecular weight excluding hydrogens is 377 g/mol. The maximum atomic E-state index is 12.4. The third-order valence-electron chi connectivity index (χ3n) is 4.44. The summed E-state index contributed by atoms with van der Waals surface area (Å²) >= 11 is 0. The minimum absolute atomic E-state index is 0.174. The van der Waals surface area contributed by atoms with Crippen molar-refractivity contribution in [1.29, 1.82) is 0 Å². The van der Waals surface area contributed by atoms with Gasteiger partial charge >= 0.3 is 6.36 Å². The van der Waals surface area contributed by atoms with Crippen LogP contribution in [0.1, 0.15) is 29.0 Å². The van der Waals surface area contributed by atoms with E-state index >= 15 is 0 Å². The number of hydrogen-bond donors (Lipinski definition) is 1. The fourth-order valence-corrected chi connectivity index (χ4v) is 3.07. The Hall–Kier alpha value is -2.97. The van der Waals surface area contributed by atoms with Crippen LogP contribution in [0.4, 0.5) is 13.2 Å². The van der Waals surface area contributed by atoms with Crippen LogP contribution in [0.25, 0.3) is 0 Å². The average molecular weight is 396 g/mol. The number of ether oxygens (including phenoxy) is 1. The van der Waals surface area contributed by atoms with Gasteiger partial charge < -0.3 is 19.4 Å². The van der Waals surface area contributed by atoms with Crippen molar-refractivity contribution in [3.8, 4) is 5.75 Å². The highest BCUT2D eigenvalue weighted by Crippen LogP contribution is 2.23. The molecule has 0 radical (unpaired) electrons. The number of nitrogens with zero attached hydrogens (tertiary/aromatic N) is 1. The minimum Gasteiger partial charge on any atom is -0.459 e. The van der Waals surface area contributed by atoms with Crippen molar-refractivity contribution in [2.75, 3.05) is 13.1 Å². The lowest BCUT2D eigenvalue weighted by atomic mass is 9.96. The molecule has 1 aliphatic rings. The molecule has 9 heteroatoms. The number of piperidine rings is 1. The number of alkyl halides is 3. The summed E-state index contributed by atoms with van der Waals surface area (Å²) in [5.74, 6) is -0.875. The number of amides is 2. The molecule has 0 aliphatic carbocycles. The second-order valence-electron chi connectivity index (χ2n) is 6.48. The van der Waals surface area contributed by atoms with Crippen molar-refractivity contribution >= 4 is 11.8 Å². The standard InChI is InChI=1S/C19H19F3N2O4/c20-19(21,22)28-15-7-5-13(6-8-15)11-23-17(25)14-3-1-9-24(12-14)18(26)16-4-2-10-27-16/h2,4-8,10,14H,1,3,9,11-12H2,(H,23,25)/t14-/m1/s1. The lowest BCUT2D eigenvalue weighted by Gasteiger charge is -2.31. The topological polar surface area (TPSA) is 71.8 Å². The summed E-state index contributed by atoms with van der Waals surface area (Å²) < 4.78 is 45.4. The summed E-state index contributed by atoms with van der Waals surface area (Å²) in [4.78, 5) is 26.4. The van der Waals surface area contributed by atoms with Crippen LogP contribution in [-0.4, -0.2) is 36.2 Å². The molecule has 2 aromatic rings. The van der Waals surface area contributed by atoms with Gasteiger partial charge in [-0.1, -0.05) is 12.1 Å². The fraction of sp³-hybridized carbons (Fsp3) is 0.368. The number of halogens is 3. The van der Waals surface area contributed by atoms with Gasteiger partial charge in [0.25, 0.3) is 5.91 Å². The van der Waals surface area contributed by atoms with Gasteiger partial charge in [-0.2, -0.15) is 0 Å². The molecular formula is C19H19F3N2O4. The lowest BCUT2D eigenvalue weighted by Crippen LogP contribution is -2.45. The van der Waals surface area contributed by atoms with Crippen LogP contribution in [0, 0.1) is 5.92 Å². The predicted molar refractivity (Wildman–Crippen MR) is 92.3 cm³/mol. The zero-order valence-corrected chi connectivity index (χ0v) is 14.9. The second-order valence-corrected chi connectivity index (χ2v) is 6.48. The van der Waals surface area contributed by atoms with Gasteiger partial charge in [0.2, 0.25) is 5.91 Å². The van der Waals surface area contributed by atoms with Crippen LogP contribution in [0.15, 0.2) is 47.1 Å². The van der Waals surface area contributed by atoms with Gasteiger partial charge in [-0.25, -0.2) is 0 Å². The van der Waals surface area contributed by atoms with E-state index in [1.165, 1.54) is 30.5 Å². The van der Waals surface area contributed by atoms with Gasteiger partial charge in [0.1, 0.15) is 5.75 Å². The zero-order chi connectivity index (χ0) is 20.1. The molecule has 1 aromatic carbocycles. The molecule has 1 atom stereocenters. The normalized spacial score (nSPS) is 17.2. The fourth-order valence-electron chi connectivity index (χ4n) is 3.07. The van der Waals surface area contributed by atoms with E-state index in [1.54, 1.807) is 17.0 Å². The van der Waals surface area contributed by atoms with Crippen molar-refractivity contribution in [3.05, 3.63) is 54.0 Å². The molecule has 0 bridgehead atoms. The van der Waals surface area contributed by atoms with Crippen LogP contribution >= 0.6 is 0 Å². The van der Waals surface area contributed by atoms with Crippen LogP contribution in [-0.2, 0) is 11.3 Å². The Balaban J connectivity index is 1.51. The van der Waals surface area contributed by atoms with Gasteiger partial charge in [-0.3, -0.25) is 9.59 Å². The Labute approximate surface area is 159 Å². The lowest BCUT2D eigenvalue weighted by molar-refractivity contribution is -0.274. The molecule has 0 unspecified atom stereocenters. The van der Waals surface area contributed by atoms with E-state index in [-0.39, 0.29) is 35.8 Å². The molecule has 0 spiro atoms. The Kier molecular flexibility index (Phi) is 5.91. The van der Waals surface area contributed by atoms with Crippen molar-refractivity contribution in [1.82, 2.24) is 10.2 Å². The first-order chi connectivity index (χ1) is 13.3. The number of likely N-dealkylation sites (tertiary alicyclic amines) is 1. The Bertz CT molecular complexity index is 804. The first-order valence-electron chi connectivity index (χ1n) is 8.77. The summed E-state index contributed by atoms with van der Waals surface area (Å²) in [6.45, 7) is 1.03. The van der Waals surface area contributed by atoms with Crippen LogP contribution in [0.5, 0.6) is 5.75 Å². The zero-order valence-electron chi connectivity index (χ0n) is 14.9. The molecule has 3 rings (SSSR count). The third-order valence-corrected chi connectivity index (χ3v) is 4.44. The third kappa shape index (κ3) is 5.28. The summed E-state index contributed by atoms with van der Waals surface area (Å²) in [6.07, 6.45) is -1.96. The molecule has 1 saturated heterocycles. The van der Waals surface area contributed by atoms with Gasteiger partial charge in [-0.05, 0) is 42.7 Å². The molecule has 1 aliphatic heterocycles. The maximum absolute atomic E-state index is 12.4. The number of carbonyl (C=O) groups excluding carboxylic acids is 2. The number of furan rings is 1. The van der Waals surface area contributed by atoms with Crippen LogP contribution in [0.2, 0.25) is 0 Å². The second kappa shape index (κ2) is 8.37. The van der Waals surface area contributed by atoms with Gasteiger partial charge in [0, 0.05) is 19.6 Å². The van der Waals surface area contributed by atoms with Crippen molar-refractivity contribution in [3.63, 3.8) is 0 Å². The number of rotatable bonds is 5. The largest absolute Gasteiger partial charge is 0.573 e. The van der Waals surface area contributed by atoms with E-state index in [9.17, 15) is 22.8 Å². The van der Waals surface area contributed by atoms with Crippen molar-refractivity contribution < 1.29 is 31.9 Å². The van der Waals surface area contributed by atoms with Gasteiger partial charge in [0.05, 0.1) is 12.2 Å². The van der Waals surface area contributed by atoms with Crippen LogP contribution in [0.3, 0.4) is 0 Å². The molecule has 1 fully saturated rings. The molecule has 2 amide bonds. The summed E-state index contributed by atoms with van der Waals surface area (Å²) in [5.41, 5.74) is 0.641. The van der Waals surface area contributed by atoms with E-state index in [0.717, 1.165) is 0 Å². The molecule has 1 aromatic heterocycles. The quantitative estimate of drug-likeness (QED) is 0.842. The van der Waals surface area contributed by atoms with E-state index in [1.807, 2.05) is 0 Å². The summed E-state index contributed by atoms with van der Waals surface area (Å²) in [5, 5.41) is 2.77. The van der Waals surface area contributed by atoms with Crippen molar-refractivity contribution in [2.24, 2.45) is 5.92 Å². The number of nitrogens with one attached hydrogen (secondary N) is 1. The first kappa shape index (κ1) is 19.8. The molecule has 1 N–H and O–H groups in total. The number of carbonyl (C=O) groups is 2. The molecule has 6 nitrogen and oxygen atoms in total. The first-order valence-corrected chi connectivity index (χ1v) is 8.77. The van der Waals surface area contributed by atoms with E-state index in [2.05, 4.69) is 10.1 Å². The van der Waals surface area contributed by atoms with Gasteiger partial charge in [0.15, 0.2) is 5.76 Å². The molecule has 0 saturated carbocycles. The van der Waals surface area contributed by atoms with Gasteiger partial charge in [-0.15, -0.1) is 13.2 Å². The average Bonchev–Trinajstić information content (AvgIpc) is 3.20. The smallest absolute Gasteiger partial charge is 0.459 e. The van der Waals surface area contributed by atoms with Crippen LogP contribution < -0.4 is 10.1 Å². The molecule has 150 valence electrons. The monoisotopic (exact) mass is 396 g/mol. The Morgan fingerprint density at radius 2 is 1.96 bits per heavy atom. The van der Waals surface area contributed by atoms with Crippen molar-refractivity contribution in [2.45, 2.75) is 25.7 Å².